The summed E-state index contributed by atoms with van der Waals surface area (Å²) in [7, 11) is 0. The van der Waals surface area contributed by atoms with Crippen LogP contribution in [0.15, 0.2) is 249 Å². The Morgan fingerprint density at radius 1 is 0.315 bits per heavy atom. The first-order valence-corrected chi connectivity index (χ1v) is 30.4. The van der Waals surface area contributed by atoms with Gasteiger partial charge in [0, 0.05) is 61.6 Å². The van der Waals surface area contributed by atoms with Gasteiger partial charge in [-0.05, 0) is 95.2 Å². The number of aromatic nitrogens is 7. The average molecular weight is 1550 g/mol. The second-order valence-corrected chi connectivity index (χ2v) is 24.7. The molecular formula is C83H71Ir2N7-. The summed E-state index contributed by atoms with van der Waals surface area (Å²) >= 11 is 0. The van der Waals surface area contributed by atoms with Gasteiger partial charge in [0.1, 0.15) is 0 Å². The van der Waals surface area contributed by atoms with Crippen LogP contribution in [0.5, 0.6) is 0 Å². The van der Waals surface area contributed by atoms with Crippen molar-refractivity contribution < 1.29 is 40.2 Å². The first-order valence-electron chi connectivity index (χ1n) is 30.4. The van der Waals surface area contributed by atoms with Crippen LogP contribution in [-0.2, 0) is 51.0 Å². The summed E-state index contributed by atoms with van der Waals surface area (Å²) in [6, 6.07) is 89.5. The van der Waals surface area contributed by atoms with Crippen molar-refractivity contribution in [3.63, 3.8) is 0 Å². The molecule has 14 aromatic rings. The molecule has 0 fully saturated rings. The van der Waals surface area contributed by atoms with E-state index in [4.69, 9.17) is 19.9 Å². The number of hydrogen-bond donors (Lipinski definition) is 0. The number of nitrogens with zero attached hydrogens (tertiary/aromatic N) is 7. The van der Waals surface area contributed by atoms with E-state index in [0.29, 0.717) is 17.5 Å². The second kappa shape index (κ2) is 30.2. The zero-order chi connectivity index (χ0) is 62.8. The summed E-state index contributed by atoms with van der Waals surface area (Å²) in [4.78, 5) is 32.9. The van der Waals surface area contributed by atoms with Crippen molar-refractivity contribution in [2.24, 2.45) is 0 Å². The van der Waals surface area contributed by atoms with Gasteiger partial charge in [0.25, 0.3) is 0 Å². The zero-order valence-electron chi connectivity index (χ0n) is 53.5. The Kier molecular flexibility index (Phi) is 22.0. The number of benzene rings is 9. The molecule has 0 atom stereocenters. The third-order valence-electron chi connectivity index (χ3n) is 15.6. The van der Waals surface area contributed by atoms with Gasteiger partial charge in [0.15, 0.2) is 17.5 Å². The molecule has 0 bridgehead atoms. The van der Waals surface area contributed by atoms with Gasteiger partial charge >= 0.3 is 20.1 Å². The number of pyridine rings is 4. The minimum absolute atomic E-state index is 0. The van der Waals surface area contributed by atoms with E-state index in [9.17, 15) is 0 Å². The predicted octanol–water partition coefficient (Wildman–Crippen LogP) is 20.7. The third kappa shape index (κ3) is 16.6. The molecule has 1 radical (unpaired) electrons. The molecule has 7 nitrogen and oxygen atoms in total. The fourth-order valence-corrected chi connectivity index (χ4v) is 10.6. The van der Waals surface area contributed by atoms with E-state index in [2.05, 4.69) is 236 Å². The van der Waals surface area contributed by atoms with Crippen LogP contribution in [0.25, 0.3) is 112 Å². The van der Waals surface area contributed by atoms with Crippen molar-refractivity contribution in [2.45, 2.75) is 80.1 Å². The normalized spacial score (nSPS) is 11.0. The third-order valence-corrected chi connectivity index (χ3v) is 15.6. The fourth-order valence-electron chi connectivity index (χ4n) is 10.6. The smallest absolute Gasteiger partial charge is 0.304 e. The quantitative estimate of drug-likeness (QED) is 0.147. The van der Waals surface area contributed by atoms with E-state index >= 15 is 0 Å². The molecule has 9 heteroatoms. The molecule has 0 aliphatic rings. The van der Waals surface area contributed by atoms with Crippen molar-refractivity contribution in [2.75, 3.05) is 0 Å². The first kappa shape index (κ1) is 67.1. The van der Waals surface area contributed by atoms with Crippen LogP contribution in [0.3, 0.4) is 0 Å². The Bertz CT molecular complexity index is 4400. The Morgan fingerprint density at radius 2 is 0.620 bits per heavy atom. The Morgan fingerprint density at radius 3 is 0.935 bits per heavy atom. The summed E-state index contributed by atoms with van der Waals surface area (Å²) in [5, 5.41) is 7.18. The summed E-state index contributed by atoms with van der Waals surface area (Å²) in [5.74, 6) is 1.89. The SMILES string of the molecule is Cc1cc[c-]c(-c2ccc(-c3nc(-c4ccc(C(C)(C)C)cc4)nc(-c4ccc(C(C)(C)C)cc4)n3)cn2)c1.Cc1cc[c-]c(-c2nccc3ccccc23)c1.Cc1cc[c-]c(-c2nccc3ccccc23)c1.Cc1cc[c-]c(-c2nccc3ccccc23)c1.[Ir+3].[Ir]. The molecule has 14 rings (SSSR count). The first-order chi connectivity index (χ1) is 43.5. The van der Waals surface area contributed by atoms with Crippen LogP contribution in [-0.4, -0.2) is 34.9 Å². The fraction of sp³-hybridized carbons (Fsp3) is 0.145. The monoisotopic (exact) mass is 1550 g/mol. The van der Waals surface area contributed by atoms with Crippen LogP contribution >= 0.6 is 0 Å². The Hall–Kier alpha value is -9.33. The maximum atomic E-state index is 4.91. The van der Waals surface area contributed by atoms with Crippen LogP contribution in [0, 0.1) is 52.0 Å². The van der Waals surface area contributed by atoms with E-state index < -0.39 is 0 Å². The molecular weight excluding hydrogens is 1480 g/mol. The van der Waals surface area contributed by atoms with Crippen LogP contribution in [0.1, 0.15) is 74.9 Å². The predicted molar refractivity (Wildman–Crippen MR) is 373 cm³/mol. The van der Waals surface area contributed by atoms with Crippen molar-refractivity contribution in [1.82, 2.24) is 34.9 Å². The van der Waals surface area contributed by atoms with Gasteiger partial charge in [-0.15, -0.1) is 142 Å². The van der Waals surface area contributed by atoms with Crippen molar-refractivity contribution in [3.8, 4) is 79.2 Å². The van der Waals surface area contributed by atoms with Gasteiger partial charge in [0.05, 0.1) is 0 Å². The van der Waals surface area contributed by atoms with Crippen LogP contribution < -0.4 is 0 Å². The van der Waals surface area contributed by atoms with Gasteiger partial charge in [0.2, 0.25) is 0 Å². The van der Waals surface area contributed by atoms with Crippen LogP contribution in [0.4, 0.5) is 0 Å². The number of fused-ring (bicyclic) bond motifs is 3. The molecule has 0 spiro atoms. The summed E-state index contributed by atoms with van der Waals surface area (Å²) < 4.78 is 0. The molecule has 0 aliphatic carbocycles. The molecule has 5 heterocycles. The summed E-state index contributed by atoms with van der Waals surface area (Å²) in [6.45, 7) is 21.6. The molecule has 0 unspecified atom stereocenters. The molecule has 5 aromatic heterocycles. The van der Waals surface area contributed by atoms with Crippen molar-refractivity contribution in [1.29, 1.82) is 0 Å². The molecule has 0 N–H and O–H groups in total. The molecule has 0 saturated carbocycles. The standard InChI is InChI=1S/C35H35N4.3C16H12N.2Ir/c1-23-9-8-10-26(21-23)30-20-15-27(22-36-30)33-38-31(24-11-16-28(17-12-24)34(2,3)4)37-32(39-33)25-13-18-29(19-14-25)35(5,6)7;3*1-12-5-4-7-14(11-12)16-15-8-3-2-6-13(15)9-10-17-16;;/h8-9,11-22H,1-7H3;3*2-6,8-11H,1H3;;/q4*-1;;+3. The van der Waals surface area contributed by atoms with Crippen molar-refractivity contribution in [3.05, 3.63) is 307 Å². The van der Waals surface area contributed by atoms with E-state index in [1.165, 1.54) is 65.7 Å². The largest absolute Gasteiger partial charge is 3.00 e. The second-order valence-electron chi connectivity index (χ2n) is 24.7. The Labute approximate surface area is 569 Å². The summed E-state index contributed by atoms with van der Waals surface area (Å²) in [6.07, 6.45) is 7.40. The molecule has 0 amide bonds. The summed E-state index contributed by atoms with van der Waals surface area (Å²) in [5.41, 5.74) is 18.3. The zero-order valence-corrected chi connectivity index (χ0v) is 58.3. The molecule has 92 heavy (non-hydrogen) atoms. The maximum absolute atomic E-state index is 4.91. The molecule has 0 aliphatic heterocycles. The van der Waals surface area contributed by atoms with E-state index in [1.54, 1.807) is 0 Å². The van der Waals surface area contributed by atoms with Gasteiger partial charge in [-0.25, -0.2) is 15.0 Å². The number of hydrogen-bond acceptors (Lipinski definition) is 7. The van der Waals surface area contributed by atoms with E-state index in [0.717, 1.165) is 61.7 Å². The number of rotatable bonds is 7. The minimum Gasteiger partial charge on any atom is -0.304 e. The van der Waals surface area contributed by atoms with Crippen molar-refractivity contribution >= 4 is 32.3 Å². The minimum atomic E-state index is 0. The molecule has 0 saturated heterocycles. The van der Waals surface area contributed by atoms with E-state index in [1.807, 2.05) is 122 Å². The average Bonchev–Trinajstić information content (AvgIpc) is 1.04. The molecule has 9 aromatic carbocycles. The van der Waals surface area contributed by atoms with E-state index in [-0.39, 0.29) is 51.0 Å². The number of aryl methyl sites for hydroxylation is 4. The topological polar surface area (TPSA) is 90.2 Å². The maximum Gasteiger partial charge on any atom is 3.00 e. The van der Waals surface area contributed by atoms with Gasteiger partial charge in [-0.2, -0.15) is 0 Å². The van der Waals surface area contributed by atoms with Gasteiger partial charge in [-0.1, -0.05) is 203 Å². The van der Waals surface area contributed by atoms with Gasteiger partial charge in [-0.3, -0.25) is 0 Å². The van der Waals surface area contributed by atoms with Gasteiger partial charge < -0.3 is 19.9 Å². The Balaban J connectivity index is 0.000000157. The van der Waals surface area contributed by atoms with Crippen LogP contribution in [0.2, 0.25) is 0 Å². The molecule has 457 valence electrons.